The molecule has 0 saturated carbocycles. The van der Waals surface area contributed by atoms with Crippen LogP contribution in [-0.2, 0) is 4.79 Å². The zero-order valence-electron chi connectivity index (χ0n) is 6.16. The zero-order valence-corrected chi connectivity index (χ0v) is 6.16. The number of rotatable bonds is 2. The molecule has 0 aromatic heterocycles. The van der Waals surface area contributed by atoms with Crippen molar-refractivity contribution >= 4 is 5.97 Å². The van der Waals surface area contributed by atoms with Crippen LogP contribution in [-0.4, -0.2) is 11.1 Å². The maximum absolute atomic E-state index is 10.3. The quantitative estimate of drug-likeness (QED) is 0.651. The molecule has 0 aromatic carbocycles. The molecule has 0 spiro atoms. The Hall–Kier alpha value is -1.31. The highest BCUT2D eigenvalue weighted by Crippen LogP contribution is 2.19. The van der Waals surface area contributed by atoms with Crippen LogP contribution in [0.15, 0.2) is 36.5 Å². The summed E-state index contributed by atoms with van der Waals surface area (Å²) in [6.07, 6.45) is 7.55. The molecule has 0 bridgehead atoms. The molecule has 0 heterocycles. The van der Waals surface area contributed by atoms with Gasteiger partial charge in [-0.25, -0.2) is 0 Å². The minimum absolute atomic E-state index is 0.0162. The van der Waals surface area contributed by atoms with Gasteiger partial charge in [-0.15, -0.1) is 0 Å². The van der Waals surface area contributed by atoms with Gasteiger partial charge in [0.25, 0.3) is 0 Å². The fourth-order valence-corrected chi connectivity index (χ4v) is 1.01. The Morgan fingerprint density at radius 3 is 2.91 bits per heavy atom. The number of aliphatic carboxylic acids is 1. The minimum Gasteiger partial charge on any atom is -0.481 e. The molecule has 1 aliphatic rings. The molecule has 0 radical (unpaired) electrons. The summed E-state index contributed by atoms with van der Waals surface area (Å²) in [5.41, 5.74) is 0.870. The van der Waals surface area contributed by atoms with Gasteiger partial charge in [-0.2, -0.15) is 0 Å². The second-order valence-corrected chi connectivity index (χ2v) is 2.52. The molecule has 1 N–H and O–H groups in total. The van der Waals surface area contributed by atoms with Crippen LogP contribution >= 0.6 is 0 Å². The van der Waals surface area contributed by atoms with Gasteiger partial charge in [0.15, 0.2) is 0 Å². The number of carboxylic acids is 1. The second-order valence-electron chi connectivity index (χ2n) is 2.52. The van der Waals surface area contributed by atoms with Crippen molar-refractivity contribution in [1.82, 2.24) is 0 Å². The Kier molecular flexibility index (Phi) is 2.26. The van der Waals surface area contributed by atoms with Crippen LogP contribution in [0.5, 0.6) is 0 Å². The largest absolute Gasteiger partial charge is 0.481 e. The van der Waals surface area contributed by atoms with Crippen molar-refractivity contribution in [3.05, 3.63) is 36.5 Å². The summed E-state index contributed by atoms with van der Waals surface area (Å²) in [6, 6.07) is 0. The van der Waals surface area contributed by atoms with E-state index in [0.29, 0.717) is 0 Å². The lowest BCUT2D eigenvalue weighted by Crippen LogP contribution is -2.07. The first-order valence-electron chi connectivity index (χ1n) is 3.45. The lowest BCUT2D eigenvalue weighted by molar-refractivity contribution is -0.137. The Morgan fingerprint density at radius 1 is 1.64 bits per heavy atom. The van der Waals surface area contributed by atoms with E-state index >= 15 is 0 Å². The Balaban J connectivity index is 2.59. The third-order valence-corrected chi connectivity index (χ3v) is 1.64. The maximum Gasteiger partial charge on any atom is 0.304 e. The van der Waals surface area contributed by atoms with Crippen molar-refractivity contribution in [3.8, 4) is 0 Å². The average Bonchev–Trinajstić information content (AvgIpc) is 1.93. The molecule has 1 unspecified atom stereocenters. The number of carboxylic acid groups (broad SMARTS) is 1. The predicted octanol–water partition coefficient (Wildman–Crippen LogP) is 1.76. The average molecular weight is 150 g/mol. The first kappa shape index (κ1) is 7.79. The molecule has 0 fully saturated rings. The van der Waals surface area contributed by atoms with Crippen molar-refractivity contribution < 1.29 is 9.90 Å². The molecule has 1 rings (SSSR count). The van der Waals surface area contributed by atoms with E-state index in [4.69, 9.17) is 5.11 Å². The van der Waals surface area contributed by atoms with E-state index in [0.717, 1.165) is 5.57 Å². The summed E-state index contributed by atoms with van der Waals surface area (Å²) < 4.78 is 0. The van der Waals surface area contributed by atoms with Gasteiger partial charge in [-0.3, -0.25) is 4.79 Å². The monoisotopic (exact) mass is 150 g/mol. The summed E-state index contributed by atoms with van der Waals surface area (Å²) in [6.45, 7) is 3.75. The molecule has 1 atom stereocenters. The van der Waals surface area contributed by atoms with Crippen LogP contribution in [0.4, 0.5) is 0 Å². The normalized spacial score (nSPS) is 22.2. The minimum atomic E-state index is -0.781. The molecule has 11 heavy (non-hydrogen) atoms. The summed E-state index contributed by atoms with van der Waals surface area (Å²) in [5.74, 6) is -0.798. The van der Waals surface area contributed by atoms with Gasteiger partial charge < -0.3 is 5.11 Å². The molecule has 2 nitrogen and oxygen atoms in total. The van der Waals surface area contributed by atoms with Gasteiger partial charge in [0.2, 0.25) is 0 Å². The molecule has 0 saturated heterocycles. The molecular weight excluding hydrogens is 140 g/mol. The third kappa shape index (κ3) is 2.08. The lowest BCUT2D eigenvalue weighted by atomic mass is 9.93. The predicted molar refractivity (Wildman–Crippen MR) is 43.2 cm³/mol. The molecule has 0 aliphatic heterocycles. The number of allylic oxidation sites excluding steroid dienone is 5. The highest BCUT2D eigenvalue weighted by Gasteiger charge is 2.12. The SMILES string of the molecule is C=C1C=CC=CC1CC(=O)O. The van der Waals surface area contributed by atoms with E-state index in [1.807, 2.05) is 24.3 Å². The highest BCUT2D eigenvalue weighted by atomic mass is 16.4. The Labute approximate surface area is 65.5 Å². The second kappa shape index (κ2) is 3.19. The van der Waals surface area contributed by atoms with Gasteiger partial charge in [0.1, 0.15) is 0 Å². The number of hydrogen-bond donors (Lipinski definition) is 1. The summed E-state index contributed by atoms with van der Waals surface area (Å²) in [4.78, 5) is 10.3. The molecule has 0 aromatic rings. The molecule has 0 amide bonds. The van der Waals surface area contributed by atoms with E-state index in [-0.39, 0.29) is 12.3 Å². The third-order valence-electron chi connectivity index (χ3n) is 1.64. The number of carbonyl (C=O) groups is 1. The molecule has 2 heteroatoms. The van der Waals surface area contributed by atoms with E-state index in [1.54, 1.807) is 0 Å². The van der Waals surface area contributed by atoms with E-state index < -0.39 is 5.97 Å². The number of hydrogen-bond acceptors (Lipinski definition) is 1. The van der Waals surface area contributed by atoms with Gasteiger partial charge in [-0.05, 0) is 5.57 Å². The van der Waals surface area contributed by atoms with Crippen molar-refractivity contribution in [2.45, 2.75) is 6.42 Å². The van der Waals surface area contributed by atoms with Crippen molar-refractivity contribution in [2.75, 3.05) is 0 Å². The molecule has 58 valence electrons. The van der Waals surface area contributed by atoms with Crippen LogP contribution in [0.2, 0.25) is 0 Å². The summed E-state index contributed by atoms with van der Waals surface area (Å²) in [7, 11) is 0. The standard InChI is InChI=1S/C9H10O2/c1-7-4-2-3-5-8(7)6-9(10)11/h2-5,8H,1,6H2,(H,10,11). The van der Waals surface area contributed by atoms with Gasteiger partial charge in [0.05, 0.1) is 6.42 Å². The smallest absolute Gasteiger partial charge is 0.304 e. The van der Waals surface area contributed by atoms with Gasteiger partial charge in [-0.1, -0.05) is 30.9 Å². The topological polar surface area (TPSA) is 37.3 Å². The van der Waals surface area contributed by atoms with Crippen LogP contribution in [0.1, 0.15) is 6.42 Å². The fraction of sp³-hybridized carbons (Fsp3) is 0.222. The lowest BCUT2D eigenvalue weighted by Gasteiger charge is -2.12. The van der Waals surface area contributed by atoms with E-state index in [1.165, 1.54) is 0 Å². The summed E-state index contributed by atoms with van der Waals surface area (Å²) >= 11 is 0. The van der Waals surface area contributed by atoms with Crippen LogP contribution < -0.4 is 0 Å². The fourth-order valence-electron chi connectivity index (χ4n) is 1.01. The van der Waals surface area contributed by atoms with Crippen LogP contribution in [0.3, 0.4) is 0 Å². The zero-order chi connectivity index (χ0) is 8.27. The first-order valence-corrected chi connectivity index (χ1v) is 3.45. The van der Waals surface area contributed by atoms with Crippen molar-refractivity contribution in [3.63, 3.8) is 0 Å². The Bertz CT molecular complexity index is 236. The van der Waals surface area contributed by atoms with Crippen LogP contribution in [0.25, 0.3) is 0 Å². The Morgan fingerprint density at radius 2 is 2.36 bits per heavy atom. The van der Waals surface area contributed by atoms with Crippen LogP contribution in [0, 0.1) is 5.92 Å². The van der Waals surface area contributed by atoms with Gasteiger partial charge >= 0.3 is 5.97 Å². The van der Waals surface area contributed by atoms with E-state index in [9.17, 15) is 4.79 Å². The maximum atomic E-state index is 10.3. The van der Waals surface area contributed by atoms with Gasteiger partial charge in [0, 0.05) is 5.92 Å². The van der Waals surface area contributed by atoms with Crippen molar-refractivity contribution in [2.24, 2.45) is 5.92 Å². The summed E-state index contributed by atoms with van der Waals surface area (Å²) in [5, 5.41) is 8.48. The first-order chi connectivity index (χ1) is 5.20. The highest BCUT2D eigenvalue weighted by molar-refractivity contribution is 5.68. The molecule has 1 aliphatic carbocycles. The van der Waals surface area contributed by atoms with Crippen molar-refractivity contribution in [1.29, 1.82) is 0 Å². The molecular formula is C9H10O2. The van der Waals surface area contributed by atoms with E-state index in [2.05, 4.69) is 6.58 Å².